The topological polar surface area (TPSA) is 107 Å². The second-order valence-corrected chi connectivity index (χ2v) is 7.49. The van der Waals surface area contributed by atoms with Crippen LogP contribution < -0.4 is 14.8 Å². The molecule has 2 rings (SSSR count). The third kappa shape index (κ3) is 5.61. The molecule has 0 fully saturated rings. The van der Waals surface area contributed by atoms with Crippen molar-refractivity contribution in [1.29, 1.82) is 0 Å². The van der Waals surface area contributed by atoms with Crippen molar-refractivity contribution in [3.63, 3.8) is 0 Å². The summed E-state index contributed by atoms with van der Waals surface area (Å²) >= 11 is 6.74. The summed E-state index contributed by atoms with van der Waals surface area (Å²) in [5.41, 5.74) is 0.406. The normalized spacial score (nSPS) is 11.4. The van der Waals surface area contributed by atoms with E-state index >= 15 is 0 Å². The smallest absolute Gasteiger partial charge is 0.336 e. The lowest BCUT2D eigenvalue weighted by Crippen LogP contribution is -2.27. The SMILES string of the molecule is CNS(=O)(=O)OCC(=O)Nc1nc(C)c(Oc2cc(Cl)ccc2F)s1. The van der Waals surface area contributed by atoms with Gasteiger partial charge in [-0.25, -0.2) is 13.6 Å². The highest BCUT2D eigenvalue weighted by Crippen LogP contribution is 2.35. The number of anilines is 1. The van der Waals surface area contributed by atoms with E-state index in [1.165, 1.54) is 12.1 Å². The molecule has 0 unspecified atom stereocenters. The molecule has 0 aliphatic carbocycles. The summed E-state index contributed by atoms with van der Waals surface area (Å²) in [4.78, 5) is 15.7. The van der Waals surface area contributed by atoms with Gasteiger partial charge in [0, 0.05) is 18.1 Å². The number of aryl methyl sites for hydroxylation is 1. The van der Waals surface area contributed by atoms with E-state index < -0.39 is 28.6 Å². The van der Waals surface area contributed by atoms with Crippen LogP contribution in [0.15, 0.2) is 18.2 Å². The van der Waals surface area contributed by atoms with Crippen molar-refractivity contribution in [3.05, 3.63) is 34.7 Å². The van der Waals surface area contributed by atoms with E-state index in [1.807, 2.05) is 4.72 Å². The van der Waals surface area contributed by atoms with Crippen molar-refractivity contribution in [2.24, 2.45) is 0 Å². The summed E-state index contributed by atoms with van der Waals surface area (Å²) in [6, 6.07) is 3.86. The highest BCUT2D eigenvalue weighted by molar-refractivity contribution is 7.84. The molecule has 0 saturated heterocycles. The minimum atomic E-state index is -3.97. The molecule has 0 spiro atoms. The van der Waals surface area contributed by atoms with Crippen LogP contribution in [0, 0.1) is 12.7 Å². The first kappa shape index (κ1) is 19.5. The van der Waals surface area contributed by atoms with Gasteiger partial charge >= 0.3 is 10.3 Å². The van der Waals surface area contributed by atoms with Gasteiger partial charge in [-0.3, -0.25) is 10.1 Å². The Hall–Kier alpha value is -1.79. The Bertz CT molecular complexity index is 888. The summed E-state index contributed by atoms with van der Waals surface area (Å²) in [6.07, 6.45) is 0. The fourth-order valence-electron chi connectivity index (χ4n) is 1.53. The lowest BCUT2D eigenvalue weighted by molar-refractivity contribution is -0.118. The summed E-state index contributed by atoms with van der Waals surface area (Å²) in [6.45, 7) is 0.882. The Morgan fingerprint density at radius 2 is 2.16 bits per heavy atom. The largest absolute Gasteiger partial charge is 0.441 e. The monoisotopic (exact) mass is 409 g/mol. The molecule has 0 radical (unpaired) electrons. The first-order valence-corrected chi connectivity index (χ1v) is 9.28. The van der Waals surface area contributed by atoms with E-state index in [4.69, 9.17) is 16.3 Å². The number of carbonyl (C=O) groups excluding carboxylic acids is 1. The first-order chi connectivity index (χ1) is 11.7. The van der Waals surface area contributed by atoms with Gasteiger partial charge in [0.1, 0.15) is 6.61 Å². The van der Waals surface area contributed by atoms with Crippen LogP contribution in [-0.2, 0) is 19.3 Å². The molecule has 2 N–H and O–H groups in total. The molecule has 25 heavy (non-hydrogen) atoms. The van der Waals surface area contributed by atoms with Gasteiger partial charge in [-0.05, 0) is 19.1 Å². The number of nitrogens with zero attached hydrogens (tertiary/aromatic N) is 1. The van der Waals surface area contributed by atoms with Crippen molar-refractivity contribution in [1.82, 2.24) is 9.71 Å². The van der Waals surface area contributed by atoms with Crippen LogP contribution in [0.25, 0.3) is 0 Å². The molecule has 0 bridgehead atoms. The van der Waals surface area contributed by atoms with Crippen LogP contribution in [0.3, 0.4) is 0 Å². The molecule has 2 aromatic rings. The number of benzene rings is 1. The number of thiazole rings is 1. The van der Waals surface area contributed by atoms with Gasteiger partial charge in [0.2, 0.25) is 5.06 Å². The maximum absolute atomic E-state index is 13.7. The molecule has 0 saturated carbocycles. The zero-order valence-electron chi connectivity index (χ0n) is 13.0. The minimum Gasteiger partial charge on any atom is -0.441 e. The van der Waals surface area contributed by atoms with Gasteiger partial charge in [0.25, 0.3) is 5.91 Å². The molecule has 8 nitrogen and oxygen atoms in total. The highest BCUT2D eigenvalue weighted by atomic mass is 35.5. The molecule has 1 amide bonds. The minimum absolute atomic E-state index is 0.0828. The Kier molecular flexibility index (Phi) is 6.30. The molecule has 0 aliphatic heterocycles. The van der Waals surface area contributed by atoms with Crippen LogP contribution in [-0.4, -0.2) is 33.0 Å². The maximum Gasteiger partial charge on any atom is 0.336 e. The Morgan fingerprint density at radius 3 is 2.84 bits per heavy atom. The molecule has 1 aromatic heterocycles. The van der Waals surface area contributed by atoms with Crippen molar-refractivity contribution >= 4 is 44.3 Å². The van der Waals surface area contributed by atoms with E-state index in [0.717, 1.165) is 24.5 Å². The van der Waals surface area contributed by atoms with Gasteiger partial charge in [-0.1, -0.05) is 22.9 Å². The van der Waals surface area contributed by atoms with E-state index in [2.05, 4.69) is 14.5 Å². The fraction of sp³-hybridized carbons (Fsp3) is 0.231. The van der Waals surface area contributed by atoms with Crippen LogP contribution in [0.1, 0.15) is 5.69 Å². The fourth-order valence-corrected chi connectivity index (χ4v) is 2.92. The Balaban J connectivity index is 2.04. The number of carbonyl (C=O) groups is 1. The second-order valence-electron chi connectivity index (χ2n) is 4.54. The van der Waals surface area contributed by atoms with E-state index in [0.29, 0.717) is 10.7 Å². The third-order valence-electron chi connectivity index (χ3n) is 2.69. The molecule has 1 aromatic carbocycles. The molecular weight excluding hydrogens is 397 g/mol. The van der Waals surface area contributed by atoms with Gasteiger partial charge in [0.05, 0.1) is 5.69 Å². The van der Waals surface area contributed by atoms with E-state index in [-0.39, 0.29) is 15.9 Å². The van der Waals surface area contributed by atoms with Crippen molar-refractivity contribution in [3.8, 4) is 10.8 Å². The van der Waals surface area contributed by atoms with Gasteiger partial charge < -0.3 is 4.74 Å². The number of nitrogens with one attached hydrogen (secondary N) is 2. The predicted octanol–water partition coefficient (Wildman–Crippen LogP) is 2.46. The Morgan fingerprint density at radius 1 is 1.44 bits per heavy atom. The lowest BCUT2D eigenvalue weighted by Gasteiger charge is -2.05. The number of rotatable bonds is 7. The summed E-state index contributed by atoms with van der Waals surface area (Å²) in [5.74, 6) is -1.41. The van der Waals surface area contributed by atoms with Crippen LogP contribution in [0.4, 0.5) is 9.52 Å². The molecule has 1 heterocycles. The quantitative estimate of drug-likeness (QED) is 0.727. The third-order valence-corrected chi connectivity index (χ3v) is 4.81. The predicted molar refractivity (Wildman–Crippen MR) is 90.9 cm³/mol. The average molecular weight is 410 g/mol. The summed E-state index contributed by atoms with van der Waals surface area (Å²) in [7, 11) is -2.82. The zero-order valence-corrected chi connectivity index (χ0v) is 15.4. The number of ether oxygens (including phenoxy) is 1. The number of halogens is 2. The van der Waals surface area contributed by atoms with E-state index in [9.17, 15) is 17.6 Å². The van der Waals surface area contributed by atoms with Crippen molar-refractivity contribution in [2.75, 3.05) is 19.0 Å². The van der Waals surface area contributed by atoms with E-state index in [1.54, 1.807) is 6.92 Å². The summed E-state index contributed by atoms with van der Waals surface area (Å²) < 4.78 is 47.6. The second kappa shape index (κ2) is 8.06. The van der Waals surface area contributed by atoms with Gasteiger partial charge in [-0.2, -0.15) is 13.1 Å². The average Bonchev–Trinajstić information content (AvgIpc) is 2.88. The number of amides is 1. The van der Waals surface area contributed by atoms with Gasteiger partial charge in [0.15, 0.2) is 16.7 Å². The summed E-state index contributed by atoms with van der Waals surface area (Å²) in [5, 5.41) is 3.06. The Labute approximate surface area is 152 Å². The lowest BCUT2D eigenvalue weighted by atomic mass is 10.3. The zero-order chi connectivity index (χ0) is 18.6. The first-order valence-electron chi connectivity index (χ1n) is 6.68. The molecule has 136 valence electrons. The van der Waals surface area contributed by atoms with Crippen molar-refractivity contribution in [2.45, 2.75) is 6.92 Å². The number of hydrogen-bond donors (Lipinski definition) is 2. The molecule has 12 heteroatoms. The number of hydrogen-bond acceptors (Lipinski definition) is 7. The van der Waals surface area contributed by atoms with Crippen LogP contribution in [0.5, 0.6) is 10.8 Å². The van der Waals surface area contributed by atoms with Crippen molar-refractivity contribution < 1.29 is 26.5 Å². The maximum atomic E-state index is 13.7. The molecule has 0 aliphatic rings. The van der Waals surface area contributed by atoms with Crippen LogP contribution in [0.2, 0.25) is 5.02 Å². The molecular formula is C13H13ClFN3O5S2. The molecule has 0 atom stereocenters. The van der Waals surface area contributed by atoms with Gasteiger partial charge in [-0.15, -0.1) is 0 Å². The standard InChI is InChI=1S/C13H13ClFN3O5S2/c1-7-12(23-10-5-8(14)3-4-9(10)15)24-13(17-7)18-11(19)6-22-25(20,21)16-2/h3-5,16H,6H2,1-2H3,(H,17,18,19). The van der Waals surface area contributed by atoms with Crippen LogP contribution >= 0.6 is 22.9 Å². The highest BCUT2D eigenvalue weighted by Gasteiger charge is 2.16. The number of aromatic nitrogens is 1.